The third kappa shape index (κ3) is 2.23. The van der Waals surface area contributed by atoms with Crippen molar-refractivity contribution in [3.8, 4) is 0 Å². The molecule has 16 heavy (non-hydrogen) atoms. The average Bonchev–Trinajstić information content (AvgIpc) is 2.86. The van der Waals surface area contributed by atoms with Crippen LogP contribution in [0.2, 0.25) is 0 Å². The summed E-state index contributed by atoms with van der Waals surface area (Å²) in [6, 6.07) is 0.619. The van der Waals surface area contributed by atoms with Crippen molar-refractivity contribution in [2.45, 2.75) is 45.8 Å². The molecule has 1 aromatic heterocycles. The summed E-state index contributed by atoms with van der Waals surface area (Å²) < 4.78 is 0. The van der Waals surface area contributed by atoms with E-state index < -0.39 is 6.10 Å². The third-order valence-electron chi connectivity index (χ3n) is 3.25. The summed E-state index contributed by atoms with van der Waals surface area (Å²) in [5, 5.41) is 12.5. The summed E-state index contributed by atoms with van der Waals surface area (Å²) in [7, 11) is 0. The van der Waals surface area contributed by atoms with Gasteiger partial charge in [-0.25, -0.2) is 4.98 Å². The van der Waals surface area contributed by atoms with Crippen molar-refractivity contribution in [2.75, 3.05) is 11.4 Å². The summed E-state index contributed by atoms with van der Waals surface area (Å²) >= 11 is 1.65. The van der Waals surface area contributed by atoms with Gasteiger partial charge in [-0.2, -0.15) is 0 Å². The minimum atomic E-state index is -0.454. The fourth-order valence-corrected chi connectivity index (χ4v) is 3.32. The Kier molecular flexibility index (Phi) is 3.50. The first kappa shape index (κ1) is 11.9. The van der Waals surface area contributed by atoms with Crippen molar-refractivity contribution in [3.63, 3.8) is 0 Å². The summed E-state index contributed by atoms with van der Waals surface area (Å²) in [4.78, 5) is 6.92. The predicted octanol–water partition coefficient (Wildman–Crippen LogP) is 2.82. The SMILES string of the molecule is CC(O)c1csc(N2CCCC2C(C)C)n1. The Morgan fingerprint density at radius 2 is 2.25 bits per heavy atom. The van der Waals surface area contributed by atoms with Gasteiger partial charge >= 0.3 is 0 Å². The number of hydrogen-bond donors (Lipinski definition) is 1. The van der Waals surface area contributed by atoms with Crippen molar-refractivity contribution >= 4 is 16.5 Å². The highest BCUT2D eigenvalue weighted by molar-refractivity contribution is 7.13. The van der Waals surface area contributed by atoms with Crippen LogP contribution >= 0.6 is 11.3 Å². The van der Waals surface area contributed by atoms with Gasteiger partial charge in [0.1, 0.15) is 0 Å². The number of aliphatic hydroxyl groups is 1. The van der Waals surface area contributed by atoms with Gasteiger partial charge in [0.2, 0.25) is 0 Å². The van der Waals surface area contributed by atoms with Gasteiger partial charge < -0.3 is 10.0 Å². The van der Waals surface area contributed by atoms with Crippen LogP contribution in [0.1, 0.15) is 45.4 Å². The van der Waals surface area contributed by atoms with E-state index in [0.29, 0.717) is 12.0 Å². The first-order chi connectivity index (χ1) is 7.59. The molecule has 0 aliphatic carbocycles. The number of rotatable bonds is 3. The Labute approximate surface area is 101 Å². The van der Waals surface area contributed by atoms with Crippen molar-refractivity contribution in [1.29, 1.82) is 0 Å². The molecule has 2 unspecified atom stereocenters. The third-order valence-corrected chi connectivity index (χ3v) is 4.15. The van der Waals surface area contributed by atoms with Gasteiger partial charge in [0.25, 0.3) is 0 Å². The van der Waals surface area contributed by atoms with E-state index >= 15 is 0 Å². The first-order valence-electron chi connectivity index (χ1n) is 5.99. The highest BCUT2D eigenvalue weighted by Crippen LogP contribution is 2.32. The molecule has 0 amide bonds. The Balaban J connectivity index is 2.16. The molecule has 2 heterocycles. The standard InChI is InChI=1S/C12H20N2OS/c1-8(2)11-5-4-6-14(11)12-13-10(7-16-12)9(3)15/h7-9,11,15H,4-6H2,1-3H3. The molecule has 2 rings (SSSR count). The minimum absolute atomic E-state index is 0.454. The molecule has 4 heteroatoms. The number of anilines is 1. The van der Waals surface area contributed by atoms with Gasteiger partial charge in [0, 0.05) is 18.0 Å². The Morgan fingerprint density at radius 3 is 2.81 bits per heavy atom. The largest absolute Gasteiger partial charge is 0.387 e. The lowest BCUT2D eigenvalue weighted by Gasteiger charge is -2.27. The molecule has 0 bridgehead atoms. The maximum absolute atomic E-state index is 9.48. The van der Waals surface area contributed by atoms with Crippen molar-refractivity contribution in [2.24, 2.45) is 5.92 Å². The fraction of sp³-hybridized carbons (Fsp3) is 0.750. The zero-order valence-corrected chi connectivity index (χ0v) is 11.0. The van der Waals surface area contributed by atoms with Crippen LogP contribution in [0.5, 0.6) is 0 Å². The summed E-state index contributed by atoms with van der Waals surface area (Å²) in [5.74, 6) is 0.668. The molecule has 0 aromatic carbocycles. The second-order valence-electron chi connectivity index (χ2n) is 4.88. The Hall–Kier alpha value is -0.610. The van der Waals surface area contributed by atoms with E-state index in [9.17, 15) is 5.11 Å². The van der Waals surface area contributed by atoms with Crippen LogP contribution in [0.25, 0.3) is 0 Å². The van der Waals surface area contributed by atoms with Gasteiger partial charge in [0.15, 0.2) is 5.13 Å². The molecular formula is C12H20N2OS. The topological polar surface area (TPSA) is 36.4 Å². The molecule has 1 aliphatic rings. The number of nitrogens with zero attached hydrogens (tertiary/aromatic N) is 2. The van der Waals surface area contributed by atoms with Crippen LogP contribution in [-0.4, -0.2) is 22.7 Å². The molecule has 1 aromatic rings. The van der Waals surface area contributed by atoms with Crippen LogP contribution in [0.4, 0.5) is 5.13 Å². The number of aromatic nitrogens is 1. The molecular weight excluding hydrogens is 220 g/mol. The summed E-state index contributed by atoms with van der Waals surface area (Å²) in [6.07, 6.45) is 2.07. The normalized spacial score (nSPS) is 23.1. The van der Waals surface area contributed by atoms with Crippen molar-refractivity contribution in [1.82, 2.24) is 4.98 Å². The summed E-state index contributed by atoms with van der Waals surface area (Å²) in [6.45, 7) is 7.41. The van der Waals surface area contributed by atoms with Crippen LogP contribution in [0, 0.1) is 5.92 Å². The van der Waals surface area contributed by atoms with E-state index in [0.717, 1.165) is 17.4 Å². The molecule has 1 aliphatic heterocycles. The summed E-state index contributed by atoms with van der Waals surface area (Å²) in [5.41, 5.74) is 0.800. The van der Waals surface area contributed by atoms with Gasteiger partial charge in [-0.15, -0.1) is 11.3 Å². The quantitative estimate of drug-likeness (QED) is 0.882. The lowest BCUT2D eigenvalue weighted by molar-refractivity contribution is 0.195. The lowest BCUT2D eigenvalue weighted by atomic mass is 10.0. The second kappa shape index (κ2) is 4.72. The predicted molar refractivity (Wildman–Crippen MR) is 68.0 cm³/mol. The van der Waals surface area contributed by atoms with E-state index in [4.69, 9.17) is 0 Å². The average molecular weight is 240 g/mol. The van der Waals surface area contributed by atoms with Crippen LogP contribution in [0.3, 0.4) is 0 Å². The smallest absolute Gasteiger partial charge is 0.185 e. The number of hydrogen-bond acceptors (Lipinski definition) is 4. The van der Waals surface area contributed by atoms with Crippen molar-refractivity contribution < 1.29 is 5.11 Å². The molecule has 1 N–H and O–H groups in total. The highest BCUT2D eigenvalue weighted by atomic mass is 32.1. The molecule has 3 nitrogen and oxygen atoms in total. The monoisotopic (exact) mass is 240 g/mol. The number of aliphatic hydroxyl groups excluding tert-OH is 1. The minimum Gasteiger partial charge on any atom is -0.387 e. The zero-order valence-electron chi connectivity index (χ0n) is 10.2. The van der Waals surface area contributed by atoms with Gasteiger partial charge in [-0.1, -0.05) is 13.8 Å². The van der Waals surface area contributed by atoms with Gasteiger partial charge in [-0.3, -0.25) is 0 Å². The first-order valence-corrected chi connectivity index (χ1v) is 6.87. The fourth-order valence-electron chi connectivity index (χ4n) is 2.32. The molecule has 90 valence electrons. The molecule has 1 fully saturated rings. The number of thiazole rings is 1. The molecule has 0 radical (unpaired) electrons. The van der Waals surface area contributed by atoms with Gasteiger partial charge in [-0.05, 0) is 25.7 Å². The Morgan fingerprint density at radius 1 is 1.50 bits per heavy atom. The molecule has 1 saturated heterocycles. The molecule has 0 spiro atoms. The van der Waals surface area contributed by atoms with Crippen LogP contribution < -0.4 is 4.90 Å². The van der Waals surface area contributed by atoms with Gasteiger partial charge in [0.05, 0.1) is 11.8 Å². The maximum Gasteiger partial charge on any atom is 0.185 e. The Bertz CT molecular complexity index is 349. The van der Waals surface area contributed by atoms with Crippen LogP contribution in [-0.2, 0) is 0 Å². The van der Waals surface area contributed by atoms with E-state index in [-0.39, 0.29) is 0 Å². The van der Waals surface area contributed by atoms with E-state index in [1.54, 1.807) is 18.3 Å². The van der Waals surface area contributed by atoms with E-state index in [2.05, 4.69) is 23.7 Å². The van der Waals surface area contributed by atoms with Crippen molar-refractivity contribution in [3.05, 3.63) is 11.1 Å². The zero-order chi connectivity index (χ0) is 11.7. The highest BCUT2D eigenvalue weighted by Gasteiger charge is 2.29. The maximum atomic E-state index is 9.48. The second-order valence-corrected chi connectivity index (χ2v) is 5.71. The molecule has 2 atom stereocenters. The van der Waals surface area contributed by atoms with E-state index in [1.807, 2.05) is 5.38 Å². The molecule has 0 saturated carbocycles. The van der Waals surface area contributed by atoms with Crippen LogP contribution in [0.15, 0.2) is 5.38 Å². The lowest BCUT2D eigenvalue weighted by Crippen LogP contribution is -2.33. The van der Waals surface area contributed by atoms with E-state index in [1.165, 1.54) is 12.8 Å².